The molecule has 0 amide bonds. The molecule has 0 saturated carbocycles. The van der Waals surface area contributed by atoms with Crippen LogP contribution in [0.4, 0.5) is 5.82 Å². The van der Waals surface area contributed by atoms with E-state index < -0.39 is 0 Å². The minimum atomic E-state index is 0.247. The molecule has 0 spiro atoms. The summed E-state index contributed by atoms with van der Waals surface area (Å²) in [6, 6.07) is 6.96. The molecule has 0 aliphatic heterocycles. The number of aromatic hydroxyl groups is 1. The fourth-order valence-electron chi connectivity index (χ4n) is 1.87. The Balaban J connectivity index is 2.19. The zero-order chi connectivity index (χ0) is 12.5. The van der Waals surface area contributed by atoms with Gasteiger partial charge in [-0.3, -0.25) is 0 Å². The molecule has 2 N–H and O–H groups in total. The predicted molar refractivity (Wildman–Crippen MR) is 69.6 cm³/mol. The van der Waals surface area contributed by atoms with E-state index in [0.717, 1.165) is 22.7 Å². The second kappa shape index (κ2) is 4.03. The molecule has 0 unspecified atom stereocenters. The maximum Gasteiger partial charge on any atom is 0.180 e. The topological polar surface area (TPSA) is 62.5 Å². The van der Waals surface area contributed by atoms with Crippen LogP contribution in [0.15, 0.2) is 42.9 Å². The van der Waals surface area contributed by atoms with Crippen molar-refractivity contribution in [1.82, 2.24) is 14.4 Å². The standard InChI is InChI=1S/C13H12N4O/c1-14-12-13-15-6-7-17(13)8-11(16-12)9-2-4-10(18)5-3-9/h2-8,18H,1H3,(H,14,16). The van der Waals surface area contributed by atoms with Gasteiger partial charge >= 0.3 is 0 Å². The molecule has 0 radical (unpaired) electrons. The summed E-state index contributed by atoms with van der Waals surface area (Å²) in [7, 11) is 1.82. The highest BCUT2D eigenvalue weighted by molar-refractivity contribution is 5.69. The Kier molecular flexibility index (Phi) is 2.37. The van der Waals surface area contributed by atoms with Gasteiger partial charge in [0.2, 0.25) is 0 Å². The molecule has 5 nitrogen and oxygen atoms in total. The van der Waals surface area contributed by atoms with Gasteiger partial charge in [0.25, 0.3) is 0 Å². The minimum absolute atomic E-state index is 0.247. The van der Waals surface area contributed by atoms with Crippen LogP contribution in [-0.4, -0.2) is 26.5 Å². The highest BCUT2D eigenvalue weighted by atomic mass is 16.3. The number of hydrogen-bond acceptors (Lipinski definition) is 4. The molecule has 0 fully saturated rings. The van der Waals surface area contributed by atoms with E-state index in [1.165, 1.54) is 0 Å². The lowest BCUT2D eigenvalue weighted by Gasteiger charge is -2.07. The van der Waals surface area contributed by atoms with Crippen molar-refractivity contribution in [3.05, 3.63) is 42.9 Å². The molecule has 2 heterocycles. The van der Waals surface area contributed by atoms with Gasteiger partial charge in [0.1, 0.15) is 5.75 Å². The molecule has 0 aliphatic carbocycles. The summed E-state index contributed by atoms with van der Waals surface area (Å²) in [5, 5.41) is 12.3. The quantitative estimate of drug-likeness (QED) is 0.720. The van der Waals surface area contributed by atoms with E-state index in [1.807, 2.05) is 36.0 Å². The summed E-state index contributed by atoms with van der Waals surface area (Å²) < 4.78 is 1.92. The number of anilines is 1. The van der Waals surface area contributed by atoms with Crippen LogP contribution >= 0.6 is 0 Å². The Morgan fingerprint density at radius 1 is 1.22 bits per heavy atom. The van der Waals surface area contributed by atoms with Crippen molar-refractivity contribution in [2.24, 2.45) is 0 Å². The highest BCUT2D eigenvalue weighted by Gasteiger charge is 2.07. The smallest absolute Gasteiger partial charge is 0.180 e. The van der Waals surface area contributed by atoms with Crippen molar-refractivity contribution < 1.29 is 5.11 Å². The van der Waals surface area contributed by atoms with Crippen LogP contribution in [0.1, 0.15) is 0 Å². The van der Waals surface area contributed by atoms with E-state index in [4.69, 9.17) is 0 Å². The van der Waals surface area contributed by atoms with Crippen molar-refractivity contribution in [1.29, 1.82) is 0 Å². The maximum atomic E-state index is 9.30. The number of imidazole rings is 1. The number of aromatic nitrogens is 3. The van der Waals surface area contributed by atoms with Gasteiger partial charge in [0.05, 0.1) is 5.69 Å². The maximum absolute atomic E-state index is 9.30. The van der Waals surface area contributed by atoms with E-state index in [-0.39, 0.29) is 5.75 Å². The van der Waals surface area contributed by atoms with E-state index in [1.54, 1.807) is 18.3 Å². The lowest BCUT2D eigenvalue weighted by Crippen LogP contribution is -1.99. The molecular formula is C13H12N4O. The van der Waals surface area contributed by atoms with Crippen molar-refractivity contribution in [2.45, 2.75) is 0 Å². The molecule has 3 rings (SSSR count). The first-order valence-corrected chi connectivity index (χ1v) is 5.59. The van der Waals surface area contributed by atoms with Crippen LogP contribution in [0.3, 0.4) is 0 Å². The molecule has 1 aromatic carbocycles. The fourth-order valence-corrected chi connectivity index (χ4v) is 1.87. The van der Waals surface area contributed by atoms with Gasteiger partial charge in [-0.05, 0) is 24.3 Å². The van der Waals surface area contributed by atoms with Crippen molar-refractivity contribution in [2.75, 3.05) is 12.4 Å². The largest absolute Gasteiger partial charge is 0.508 e. The molecule has 18 heavy (non-hydrogen) atoms. The predicted octanol–water partition coefficient (Wildman–Crippen LogP) is 2.14. The number of nitrogens with one attached hydrogen (secondary N) is 1. The molecular weight excluding hydrogens is 228 g/mol. The van der Waals surface area contributed by atoms with E-state index >= 15 is 0 Å². The summed E-state index contributed by atoms with van der Waals surface area (Å²) in [5.74, 6) is 0.974. The van der Waals surface area contributed by atoms with Crippen LogP contribution in [0, 0.1) is 0 Å². The Hall–Kier alpha value is -2.56. The Morgan fingerprint density at radius 3 is 2.72 bits per heavy atom. The first-order chi connectivity index (χ1) is 8.78. The number of phenols is 1. The summed E-state index contributed by atoms with van der Waals surface area (Å²) in [6.45, 7) is 0. The zero-order valence-corrected chi connectivity index (χ0v) is 9.83. The lowest BCUT2D eigenvalue weighted by molar-refractivity contribution is 0.475. The lowest BCUT2D eigenvalue weighted by atomic mass is 10.1. The SMILES string of the molecule is CNc1nc(-c2ccc(O)cc2)cn2ccnc12. The van der Waals surface area contributed by atoms with Crippen LogP contribution in [0.5, 0.6) is 5.75 Å². The Morgan fingerprint density at radius 2 is 2.00 bits per heavy atom. The van der Waals surface area contributed by atoms with Gasteiger partial charge in [-0.2, -0.15) is 0 Å². The van der Waals surface area contributed by atoms with Gasteiger partial charge in [0.15, 0.2) is 11.5 Å². The number of nitrogens with zero attached hydrogens (tertiary/aromatic N) is 3. The monoisotopic (exact) mass is 240 g/mol. The fraction of sp³-hybridized carbons (Fsp3) is 0.0769. The van der Waals surface area contributed by atoms with E-state index in [0.29, 0.717) is 0 Å². The number of hydrogen-bond donors (Lipinski definition) is 2. The average molecular weight is 240 g/mol. The van der Waals surface area contributed by atoms with E-state index in [2.05, 4.69) is 15.3 Å². The summed E-state index contributed by atoms with van der Waals surface area (Å²) in [5.41, 5.74) is 2.56. The van der Waals surface area contributed by atoms with Crippen LogP contribution < -0.4 is 5.32 Å². The molecule has 90 valence electrons. The van der Waals surface area contributed by atoms with Crippen LogP contribution in [-0.2, 0) is 0 Å². The molecule has 0 saturated heterocycles. The third-order valence-electron chi connectivity index (χ3n) is 2.77. The van der Waals surface area contributed by atoms with Crippen LogP contribution in [0.25, 0.3) is 16.9 Å². The second-order valence-corrected chi connectivity index (χ2v) is 3.93. The molecule has 0 bridgehead atoms. The molecule has 0 aliphatic rings. The highest BCUT2D eigenvalue weighted by Crippen LogP contribution is 2.23. The number of rotatable bonds is 2. The van der Waals surface area contributed by atoms with Crippen molar-refractivity contribution in [3.63, 3.8) is 0 Å². The number of phenolic OH excluding ortho intramolecular Hbond substituents is 1. The summed E-state index contributed by atoms with van der Waals surface area (Å²) in [4.78, 5) is 8.75. The van der Waals surface area contributed by atoms with E-state index in [9.17, 15) is 5.11 Å². The average Bonchev–Trinajstić information content (AvgIpc) is 2.86. The van der Waals surface area contributed by atoms with Gasteiger partial charge < -0.3 is 14.8 Å². The first-order valence-electron chi connectivity index (χ1n) is 5.59. The zero-order valence-electron chi connectivity index (χ0n) is 9.83. The van der Waals surface area contributed by atoms with Crippen LogP contribution in [0.2, 0.25) is 0 Å². The first kappa shape index (κ1) is 10.6. The third kappa shape index (κ3) is 1.66. The summed E-state index contributed by atoms with van der Waals surface area (Å²) in [6.07, 6.45) is 5.52. The van der Waals surface area contributed by atoms with Crippen molar-refractivity contribution >= 4 is 11.5 Å². The van der Waals surface area contributed by atoms with Gasteiger partial charge in [-0.15, -0.1) is 0 Å². The number of benzene rings is 1. The Labute approximate surface area is 104 Å². The molecule has 2 aromatic heterocycles. The van der Waals surface area contributed by atoms with Gasteiger partial charge in [0, 0.05) is 31.2 Å². The Bertz CT molecular complexity index is 688. The van der Waals surface area contributed by atoms with Crippen molar-refractivity contribution in [3.8, 4) is 17.0 Å². The second-order valence-electron chi connectivity index (χ2n) is 3.93. The van der Waals surface area contributed by atoms with Gasteiger partial charge in [-0.25, -0.2) is 9.97 Å². The minimum Gasteiger partial charge on any atom is -0.508 e. The molecule has 3 aromatic rings. The summed E-state index contributed by atoms with van der Waals surface area (Å²) >= 11 is 0. The number of fused-ring (bicyclic) bond motifs is 1. The molecule has 0 atom stereocenters. The molecule has 5 heteroatoms. The third-order valence-corrected chi connectivity index (χ3v) is 2.77. The van der Waals surface area contributed by atoms with Gasteiger partial charge in [-0.1, -0.05) is 0 Å². The normalized spacial score (nSPS) is 10.7.